The third-order valence-corrected chi connectivity index (χ3v) is 6.81. The van der Waals surface area contributed by atoms with Gasteiger partial charge in [0.15, 0.2) is 0 Å². The van der Waals surface area contributed by atoms with Crippen LogP contribution in [0, 0.1) is 0 Å². The summed E-state index contributed by atoms with van der Waals surface area (Å²) in [5, 5.41) is 18.1. The predicted octanol–water partition coefficient (Wildman–Crippen LogP) is 3.47. The highest BCUT2D eigenvalue weighted by Gasteiger charge is 2.24. The molecule has 4 aromatic rings. The molecule has 10 heteroatoms. The maximum atomic E-state index is 4.90. The molecule has 164 valence electrons. The Labute approximate surface area is 190 Å². The number of aryl methyl sites for hydroxylation is 1. The van der Waals surface area contributed by atoms with Crippen LogP contribution in [0.3, 0.4) is 0 Å². The Morgan fingerprint density at radius 3 is 2.56 bits per heavy atom. The van der Waals surface area contributed by atoms with Crippen LogP contribution in [0.2, 0.25) is 0 Å². The third-order valence-electron chi connectivity index (χ3n) is 5.75. The largest absolute Gasteiger partial charge is 0.379 e. The molecule has 1 aliphatic heterocycles. The molecule has 0 spiro atoms. The number of aromatic nitrogens is 7. The first-order valence-corrected chi connectivity index (χ1v) is 11.7. The molecule has 1 N–H and O–H groups in total. The van der Waals surface area contributed by atoms with Crippen LogP contribution in [0.5, 0.6) is 0 Å². The molecule has 1 fully saturated rings. The highest BCUT2D eigenvalue weighted by molar-refractivity contribution is 7.09. The molecule has 9 nitrogen and oxygen atoms in total. The Morgan fingerprint density at radius 1 is 1.09 bits per heavy atom. The summed E-state index contributed by atoms with van der Waals surface area (Å²) in [4.78, 5) is 16.2. The number of nitrogens with one attached hydrogen (secondary N) is 1. The second kappa shape index (κ2) is 9.39. The van der Waals surface area contributed by atoms with Crippen molar-refractivity contribution in [3.63, 3.8) is 0 Å². The van der Waals surface area contributed by atoms with E-state index in [9.17, 15) is 0 Å². The van der Waals surface area contributed by atoms with E-state index in [1.165, 1.54) is 10.6 Å². The van der Waals surface area contributed by atoms with Crippen LogP contribution in [-0.4, -0.2) is 48.2 Å². The third kappa shape index (κ3) is 4.59. The summed E-state index contributed by atoms with van der Waals surface area (Å²) in [6, 6.07) is 8.02. The van der Waals surface area contributed by atoms with Gasteiger partial charge in [0.05, 0.1) is 22.9 Å². The van der Waals surface area contributed by atoms with Crippen LogP contribution < -0.4 is 10.2 Å². The number of tetrazole rings is 1. The van der Waals surface area contributed by atoms with E-state index in [0.29, 0.717) is 12.5 Å². The van der Waals surface area contributed by atoms with Crippen LogP contribution >= 0.6 is 11.3 Å². The zero-order valence-corrected chi connectivity index (χ0v) is 18.7. The number of hydrogen-bond acceptors (Lipinski definition) is 9. The summed E-state index contributed by atoms with van der Waals surface area (Å²) in [5.74, 6) is 1.35. The molecule has 1 aliphatic rings. The van der Waals surface area contributed by atoms with Crippen LogP contribution in [0.25, 0.3) is 5.69 Å². The summed E-state index contributed by atoms with van der Waals surface area (Å²) in [6.07, 6.45) is 8.59. The average Bonchev–Trinajstić information content (AvgIpc) is 3.56. The van der Waals surface area contributed by atoms with Gasteiger partial charge in [-0.3, -0.25) is 0 Å². The number of piperidine rings is 1. The lowest BCUT2D eigenvalue weighted by Gasteiger charge is -2.31. The molecule has 0 atom stereocenters. The molecular weight excluding hydrogens is 422 g/mol. The van der Waals surface area contributed by atoms with Crippen molar-refractivity contribution in [3.05, 3.63) is 64.6 Å². The van der Waals surface area contributed by atoms with Crippen molar-refractivity contribution in [2.45, 2.75) is 38.6 Å². The molecule has 0 aliphatic carbocycles. The summed E-state index contributed by atoms with van der Waals surface area (Å²) >= 11 is 1.77. The first-order valence-electron chi connectivity index (χ1n) is 10.9. The molecule has 4 heterocycles. The molecule has 1 aromatic carbocycles. The van der Waals surface area contributed by atoms with E-state index in [1.54, 1.807) is 22.3 Å². The maximum Gasteiger partial charge on any atom is 0.225 e. The van der Waals surface area contributed by atoms with E-state index < -0.39 is 0 Å². The summed E-state index contributed by atoms with van der Waals surface area (Å²) in [5.41, 5.74) is 4.22. The highest BCUT2D eigenvalue weighted by atomic mass is 32.1. The van der Waals surface area contributed by atoms with E-state index in [1.807, 2.05) is 36.7 Å². The van der Waals surface area contributed by atoms with Gasteiger partial charge in [0.25, 0.3) is 0 Å². The molecule has 1 saturated heterocycles. The Bertz CT molecular complexity index is 1120. The van der Waals surface area contributed by atoms with E-state index in [0.717, 1.165) is 55.4 Å². The van der Waals surface area contributed by atoms with Gasteiger partial charge in [0.1, 0.15) is 6.33 Å². The fraction of sp³-hybridized carbons (Fsp3) is 0.364. The Kier molecular flexibility index (Phi) is 6.02. The fourth-order valence-electron chi connectivity index (χ4n) is 3.82. The van der Waals surface area contributed by atoms with E-state index in [-0.39, 0.29) is 0 Å². The monoisotopic (exact) mass is 447 g/mol. The van der Waals surface area contributed by atoms with Crippen molar-refractivity contribution in [3.8, 4) is 5.69 Å². The van der Waals surface area contributed by atoms with Crippen molar-refractivity contribution in [2.24, 2.45) is 0 Å². The van der Waals surface area contributed by atoms with Crippen LogP contribution in [-0.2, 0) is 13.0 Å². The first kappa shape index (κ1) is 20.5. The number of anilines is 2. The molecule has 0 radical (unpaired) electrons. The van der Waals surface area contributed by atoms with Crippen LogP contribution in [0.15, 0.2) is 48.4 Å². The van der Waals surface area contributed by atoms with Crippen molar-refractivity contribution < 1.29 is 0 Å². The fourth-order valence-corrected chi connectivity index (χ4v) is 4.81. The number of rotatable bonds is 7. The topological polar surface area (TPSA) is 97.5 Å². The van der Waals surface area contributed by atoms with Gasteiger partial charge >= 0.3 is 0 Å². The lowest BCUT2D eigenvalue weighted by atomic mass is 9.98. The molecular formula is C22H25N9S. The molecule has 0 amide bonds. The second-order valence-electron chi connectivity index (χ2n) is 7.84. The zero-order valence-electron chi connectivity index (χ0n) is 17.9. The number of thiazole rings is 1. The van der Waals surface area contributed by atoms with Gasteiger partial charge in [-0.05, 0) is 59.5 Å². The molecule has 3 aromatic heterocycles. The van der Waals surface area contributed by atoms with Gasteiger partial charge in [-0.25, -0.2) is 19.6 Å². The molecule has 0 unspecified atom stereocenters. The quantitative estimate of drug-likeness (QED) is 0.460. The minimum Gasteiger partial charge on any atom is -0.379 e. The second-order valence-corrected chi connectivity index (χ2v) is 8.73. The summed E-state index contributed by atoms with van der Waals surface area (Å²) in [7, 11) is 0. The van der Waals surface area contributed by atoms with Crippen molar-refractivity contribution in [2.75, 3.05) is 23.3 Å². The summed E-state index contributed by atoms with van der Waals surface area (Å²) in [6.45, 7) is 4.76. The van der Waals surface area contributed by atoms with Gasteiger partial charge < -0.3 is 10.2 Å². The maximum absolute atomic E-state index is 4.90. The Balaban J connectivity index is 1.13. The van der Waals surface area contributed by atoms with Crippen molar-refractivity contribution in [1.29, 1.82) is 0 Å². The minimum absolute atomic E-state index is 0.510. The van der Waals surface area contributed by atoms with Gasteiger partial charge in [0.2, 0.25) is 5.95 Å². The molecule has 32 heavy (non-hydrogen) atoms. The standard InChI is InChI=1S/C22H25N9S/c1-2-16-11-24-22(25-12-16)30-9-7-17(8-10-30)21-27-19(14-32-21)13-23-18-3-5-20(6-4-18)31-15-26-28-29-31/h3-6,11-12,14-15,17,23H,2,7-10,13H2,1H3. The molecule has 5 rings (SSSR count). The van der Waals surface area contributed by atoms with Crippen LogP contribution in [0.1, 0.15) is 41.9 Å². The van der Waals surface area contributed by atoms with Gasteiger partial charge in [0, 0.05) is 42.5 Å². The number of benzene rings is 1. The smallest absolute Gasteiger partial charge is 0.225 e. The predicted molar refractivity (Wildman–Crippen MR) is 124 cm³/mol. The Hall–Kier alpha value is -3.40. The highest BCUT2D eigenvalue weighted by Crippen LogP contribution is 2.31. The zero-order chi connectivity index (χ0) is 21.8. The average molecular weight is 448 g/mol. The normalized spacial score (nSPS) is 14.6. The number of nitrogens with zero attached hydrogens (tertiary/aromatic N) is 8. The lowest BCUT2D eigenvalue weighted by molar-refractivity contribution is 0.497. The molecule has 0 saturated carbocycles. The van der Waals surface area contributed by atoms with Crippen molar-refractivity contribution >= 4 is 23.0 Å². The van der Waals surface area contributed by atoms with Crippen molar-refractivity contribution in [1.82, 2.24) is 35.2 Å². The van der Waals surface area contributed by atoms with Gasteiger partial charge in [-0.15, -0.1) is 16.4 Å². The number of hydrogen-bond donors (Lipinski definition) is 1. The minimum atomic E-state index is 0.510. The van der Waals surface area contributed by atoms with E-state index in [4.69, 9.17) is 4.98 Å². The van der Waals surface area contributed by atoms with Gasteiger partial charge in [-0.2, -0.15) is 0 Å². The summed E-state index contributed by atoms with van der Waals surface area (Å²) < 4.78 is 1.63. The Morgan fingerprint density at radius 2 is 1.88 bits per heavy atom. The van der Waals surface area contributed by atoms with Gasteiger partial charge in [-0.1, -0.05) is 6.92 Å². The SMILES string of the molecule is CCc1cnc(N2CCC(c3nc(CNc4ccc(-n5cnnn5)cc4)cs3)CC2)nc1. The lowest BCUT2D eigenvalue weighted by Crippen LogP contribution is -2.34. The first-order chi connectivity index (χ1) is 15.8. The van der Waals surface area contributed by atoms with E-state index in [2.05, 4.69) is 48.0 Å². The van der Waals surface area contributed by atoms with E-state index >= 15 is 0 Å². The van der Waals surface area contributed by atoms with Crippen LogP contribution in [0.4, 0.5) is 11.6 Å². The molecule has 0 bridgehead atoms.